The number of sulfonamides is 1. The Morgan fingerprint density at radius 1 is 1.33 bits per heavy atom. The molecule has 112 valence electrons. The second kappa shape index (κ2) is 6.00. The summed E-state index contributed by atoms with van der Waals surface area (Å²) in [4.78, 5) is 10.6. The highest BCUT2D eigenvalue weighted by Gasteiger charge is 2.26. The number of benzene rings is 1. The van der Waals surface area contributed by atoms with Crippen molar-refractivity contribution in [1.29, 1.82) is 0 Å². The first-order chi connectivity index (χ1) is 9.81. The molecule has 0 aliphatic carbocycles. The van der Waals surface area contributed by atoms with Crippen LogP contribution in [0.1, 0.15) is 29.1 Å². The van der Waals surface area contributed by atoms with Gasteiger partial charge in [-0.3, -0.25) is 0 Å². The first-order valence-electron chi connectivity index (χ1n) is 5.91. The highest BCUT2D eigenvalue weighted by atomic mass is 79.9. The topological polar surface area (TPSA) is 96.6 Å². The number of furan rings is 1. The van der Waals surface area contributed by atoms with E-state index in [9.17, 15) is 13.2 Å². The molecule has 1 aromatic heterocycles. The van der Waals surface area contributed by atoms with E-state index in [0.29, 0.717) is 0 Å². The second-order valence-corrected chi connectivity index (χ2v) is 6.71. The van der Waals surface area contributed by atoms with Crippen LogP contribution in [0.5, 0.6) is 0 Å². The summed E-state index contributed by atoms with van der Waals surface area (Å²) in [6, 6.07) is 9.52. The second-order valence-electron chi connectivity index (χ2n) is 4.31. The molecule has 0 aliphatic heterocycles. The van der Waals surface area contributed by atoms with Gasteiger partial charge in [-0.2, -0.15) is 0 Å². The molecule has 21 heavy (non-hydrogen) atoms. The zero-order valence-corrected chi connectivity index (χ0v) is 13.3. The van der Waals surface area contributed by atoms with Gasteiger partial charge in [0, 0.05) is 12.1 Å². The smallest absolute Gasteiger partial charge is 0.371 e. The minimum Gasteiger partial charge on any atom is -0.475 e. The Balaban J connectivity index is 2.29. The van der Waals surface area contributed by atoms with Crippen molar-refractivity contribution < 1.29 is 22.7 Å². The molecule has 2 aromatic rings. The molecule has 0 saturated heterocycles. The number of carboxylic acids is 1. The number of nitrogens with one attached hydrogen (secondary N) is 1. The van der Waals surface area contributed by atoms with Crippen LogP contribution in [0.25, 0.3) is 0 Å². The summed E-state index contributed by atoms with van der Waals surface area (Å²) in [7, 11) is -3.90. The van der Waals surface area contributed by atoms with Gasteiger partial charge in [0.25, 0.3) is 0 Å². The maximum absolute atomic E-state index is 12.3. The van der Waals surface area contributed by atoms with Crippen molar-refractivity contribution in [3.05, 3.63) is 52.4 Å². The summed E-state index contributed by atoms with van der Waals surface area (Å²) in [5.74, 6) is -1.79. The summed E-state index contributed by atoms with van der Waals surface area (Å²) in [6.45, 7) is 1.69. The van der Waals surface area contributed by atoms with E-state index >= 15 is 0 Å². The van der Waals surface area contributed by atoms with Crippen molar-refractivity contribution in [3.8, 4) is 0 Å². The highest BCUT2D eigenvalue weighted by molar-refractivity contribution is 9.10. The third-order valence-corrected chi connectivity index (χ3v) is 5.18. The van der Waals surface area contributed by atoms with Gasteiger partial charge in [0.1, 0.15) is 4.90 Å². The van der Waals surface area contributed by atoms with Gasteiger partial charge in [-0.1, -0.05) is 30.3 Å². The molecule has 0 aliphatic rings. The molecule has 2 rings (SSSR count). The zero-order valence-electron chi connectivity index (χ0n) is 10.9. The van der Waals surface area contributed by atoms with Crippen molar-refractivity contribution in [3.63, 3.8) is 0 Å². The van der Waals surface area contributed by atoms with Crippen molar-refractivity contribution in [1.82, 2.24) is 4.72 Å². The summed E-state index contributed by atoms with van der Waals surface area (Å²) < 4.78 is 31.7. The van der Waals surface area contributed by atoms with Gasteiger partial charge in [0.15, 0.2) is 4.67 Å². The lowest BCUT2D eigenvalue weighted by molar-refractivity contribution is 0.0661. The Morgan fingerprint density at radius 2 is 1.95 bits per heavy atom. The van der Waals surface area contributed by atoms with Crippen molar-refractivity contribution in [2.45, 2.75) is 17.9 Å². The van der Waals surface area contributed by atoms with Gasteiger partial charge in [-0.15, -0.1) is 0 Å². The standard InChI is InChI=1S/C13H12BrNO5S/c1-8(9-5-3-2-4-6-9)15-21(18,19)11-7-10(13(16)17)20-12(11)14/h2-8,15H,1H3,(H,16,17)/t8-/m0/s1. The SMILES string of the molecule is C[C@H](NS(=O)(=O)c1cc(C(=O)O)oc1Br)c1ccccc1. The largest absolute Gasteiger partial charge is 0.475 e. The predicted octanol–water partition coefficient (Wildman–Crippen LogP) is 2.78. The van der Waals surface area contributed by atoms with Gasteiger partial charge >= 0.3 is 5.97 Å². The van der Waals surface area contributed by atoms with Crippen molar-refractivity contribution >= 4 is 31.9 Å². The zero-order chi connectivity index (χ0) is 15.6. The molecule has 0 radical (unpaired) electrons. The molecule has 0 amide bonds. The maximum atomic E-state index is 12.3. The normalized spacial score (nSPS) is 13.0. The fourth-order valence-corrected chi connectivity index (χ4v) is 3.92. The summed E-state index contributed by atoms with van der Waals surface area (Å²) in [5, 5.41) is 8.82. The minimum absolute atomic E-state index is 0.146. The molecule has 6 nitrogen and oxygen atoms in total. The Labute approximate surface area is 130 Å². The van der Waals surface area contributed by atoms with Crippen LogP contribution in [0.2, 0.25) is 0 Å². The Hall–Kier alpha value is -1.64. The average molecular weight is 374 g/mol. The van der Waals surface area contributed by atoms with Crippen molar-refractivity contribution in [2.75, 3.05) is 0 Å². The van der Waals surface area contributed by atoms with Crippen LogP contribution in [-0.2, 0) is 10.0 Å². The van der Waals surface area contributed by atoms with Crippen molar-refractivity contribution in [2.24, 2.45) is 0 Å². The molecule has 8 heteroatoms. The Kier molecular flexibility index (Phi) is 4.50. The molecule has 0 fully saturated rings. The quantitative estimate of drug-likeness (QED) is 0.839. The molecule has 1 atom stereocenters. The van der Waals surface area contributed by atoms with E-state index in [-0.39, 0.29) is 9.56 Å². The van der Waals surface area contributed by atoms with E-state index in [2.05, 4.69) is 20.7 Å². The van der Waals surface area contributed by atoms with E-state index in [4.69, 9.17) is 9.52 Å². The van der Waals surface area contributed by atoms with Gasteiger partial charge in [0.2, 0.25) is 15.8 Å². The molecular weight excluding hydrogens is 362 g/mol. The summed E-state index contributed by atoms with van der Waals surface area (Å²) >= 11 is 2.92. The third-order valence-electron chi connectivity index (χ3n) is 2.79. The number of aromatic carboxylic acids is 1. The number of rotatable bonds is 5. The number of hydrogen-bond acceptors (Lipinski definition) is 4. The number of halogens is 1. The van der Waals surface area contributed by atoms with Crippen LogP contribution in [0, 0.1) is 0 Å². The number of carboxylic acid groups (broad SMARTS) is 1. The van der Waals surface area contributed by atoms with E-state index in [1.807, 2.05) is 6.07 Å². The lowest BCUT2D eigenvalue weighted by Crippen LogP contribution is -2.26. The van der Waals surface area contributed by atoms with Crippen LogP contribution in [-0.4, -0.2) is 19.5 Å². The fourth-order valence-electron chi connectivity index (χ4n) is 1.75. The fraction of sp³-hybridized carbons (Fsp3) is 0.154. The van der Waals surface area contributed by atoms with Gasteiger partial charge in [0.05, 0.1) is 0 Å². The first-order valence-corrected chi connectivity index (χ1v) is 8.19. The molecule has 1 aromatic carbocycles. The van der Waals surface area contributed by atoms with Crippen LogP contribution in [0.4, 0.5) is 0 Å². The molecule has 0 saturated carbocycles. The Bertz CT molecular complexity index is 754. The van der Waals surface area contributed by atoms with Crippen LogP contribution in [0.15, 0.2) is 50.4 Å². The van der Waals surface area contributed by atoms with E-state index in [1.165, 1.54) is 0 Å². The molecule has 2 N–H and O–H groups in total. The van der Waals surface area contributed by atoms with Gasteiger partial charge in [-0.25, -0.2) is 17.9 Å². The van der Waals surface area contributed by atoms with Crippen LogP contribution in [0.3, 0.4) is 0 Å². The predicted molar refractivity (Wildman–Crippen MR) is 78.5 cm³/mol. The third kappa shape index (κ3) is 3.52. The van der Waals surface area contributed by atoms with E-state index < -0.39 is 27.8 Å². The first kappa shape index (κ1) is 15.7. The van der Waals surface area contributed by atoms with Gasteiger partial charge in [-0.05, 0) is 28.4 Å². The molecular formula is C13H12BrNO5S. The molecule has 0 unspecified atom stereocenters. The monoisotopic (exact) mass is 373 g/mol. The lowest BCUT2D eigenvalue weighted by Gasteiger charge is -2.13. The summed E-state index contributed by atoms with van der Waals surface area (Å²) in [6.07, 6.45) is 0. The van der Waals surface area contributed by atoms with Crippen LogP contribution >= 0.6 is 15.9 Å². The average Bonchev–Trinajstić information content (AvgIpc) is 2.82. The molecule has 0 bridgehead atoms. The number of hydrogen-bond donors (Lipinski definition) is 2. The van der Waals surface area contributed by atoms with Gasteiger partial charge < -0.3 is 9.52 Å². The minimum atomic E-state index is -3.90. The Morgan fingerprint density at radius 3 is 2.48 bits per heavy atom. The molecule has 0 spiro atoms. The molecule has 1 heterocycles. The van der Waals surface area contributed by atoms with E-state index in [0.717, 1.165) is 11.6 Å². The van der Waals surface area contributed by atoms with E-state index in [1.54, 1.807) is 31.2 Å². The number of carbonyl (C=O) groups is 1. The summed E-state index contributed by atoms with van der Waals surface area (Å²) in [5.41, 5.74) is 0.791. The van der Waals surface area contributed by atoms with Crippen LogP contribution < -0.4 is 4.72 Å². The lowest BCUT2D eigenvalue weighted by atomic mass is 10.1. The maximum Gasteiger partial charge on any atom is 0.371 e. The highest BCUT2D eigenvalue weighted by Crippen LogP contribution is 2.27.